The van der Waals surface area contributed by atoms with Crippen LogP contribution in [0.2, 0.25) is 0 Å². The van der Waals surface area contributed by atoms with Gasteiger partial charge >= 0.3 is 0 Å². The van der Waals surface area contributed by atoms with Crippen molar-refractivity contribution in [2.24, 2.45) is 0 Å². The largest absolute Gasteiger partial charge is 0.493 e. The Bertz CT molecular complexity index is 1210. The Kier molecular flexibility index (Phi) is 5.69. The fourth-order valence-electron chi connectivity index (χ4n) is 3.81. The molecule has 1 atom stereocenters. The number of aromatic nitrogens is 3. The average molecular weight is 421 g/mol. The molecule has 2 aromatic carbocycles. The van der Waals surface area contributed by atoms with Crippen LogP contribution in [0.25, 0.3) is 33.6 Å². The molecular weight excluding hydrogens is 392 g/mol. The van der Waals surface area contributed by atoms with Crippen molar-refractivity contribution < 1.29 is 13.9 Å². The Morgan fingerprint density at radius 3 is 2.35 bits per heavy atom. The Morgan fingerprint density at radius 1 is 0.935 bits per heavy atom. The second-order valence-electron chi connectivity index (χ2n) is 7.85. The number of fused-ring (bicyclic) bond motifs is 1. The van der Waals surface area contributed by atoms with E-state index in [0.717, 1.165) is 27.7 Å². The predicted molar refractivity (Wildman–Crippen MR) is 122 cm³/mol. The lowest BCUT2D eigenvalue weighted by Crippen LogP contribution is -2.12. The van der Waals surface area contributed by atoms with Gasteiger partial charge in [0.1, 0.15) is 0 Å². The van der Waals surface area contributed by atoms with Crippen LogP contribution in [-0.2, 0) is 0 Å². The number of hydrogen-bond donors (Lipinski definition) is 2. The van der Waals surface area contributed by atoms with E-state index >= 15 is 0 Å². The zero-order valence-corrected chi connectivity index (χ0v) is 18.7. The quantitative estimate of drug-likeness (QED) is 0.422. The number of hydrogen-bond acceptors (Lipinski definition) is 6. The van der Waals surface area contributed by atoms with Crippen LogP contribution in [0, 0.1) is 0 Å². The normalized spacial score (nSPS) is 12.5. The Labute approximate surface area is 181 Å². The number of nitrogens with zero attached hydrogens (tertiary/aromatic N) is 2. The smallest absolute Gasteiger partial charge is 0.247 e. The minimum atomic E-state index is 0.000111. The number of methoxy groups -OCH3 is 2. The lowest BCUT2D eigenvalue weighted by molar-refractivity contribution is 0.355. The van der Waals surface area contributed by atoms with Crippen molar-refractivity contribution in [3.8, 4) is 34.2 Å². The SMILES string of the molecule is CN[C@@H](C)c1nnc(-c2ccc3[nH]c(-c4ccc(OC)c(OC)c4)c(C(C)C)c3c2)o1. The molecule has 2 heterocycles. The molecular formula is C24H28N4O3. The van der Waals surface area contributed by atoms with Crippen LogP contribution >= 0.6 is 0 Å². The highest BCUT2D eigenvalue weighted by Crippen LogP contribution is 2.40. The maximum Gasteiger partial charge on any atom is 0.247 e. The molecule has 162 valence electrons. The van der Waals surface area contributed by atoms with Crippen molar-refractivity contribution in [1.29, 1.82) is 0 Å². The van der Waals surface area contributed by atoms with Gasteiger partial charge in [-0.2, -0.15) is 0 Å². The molecule has 7 heteroatoms. The number of ether oxygens (including phenoxy) is 2. The van der Waals surface area contributed by atoms with Crippen LogP contribution in [0.1, 0.15) is 44.2 Å². The second kappa shape index (κ2) is 8.43. The van der Waals surface area contributed by atoms with Gasteiger partial charge < -0.3 is 24.2 Å². The average Bonchev–Trinajstić information content (AvgIpc) is 3.42. The van der Waals surface area contributed by atoms with Gasteiger partial charge in [0.25, 0.3) is 0 Å². The first-order chi connectivity index (χ1) is 15.0. The summed E-state index contributed by atoms with van der Waals surface area (Å²) in [5, 5.41) is 12.7. The maximum atomic E-state index is 5.89. The van der Waals surface area contributed by atoms with E-state index in [1.165, 1.54) is 5.56 Å². The van der Waals surface area contributed by atoms with Crippen molar-refractivity contribution in [3.05, 3.63) is 47.9 Å². The van der Waals surface area contributed by atoms with Gasteiger partial charge in [-0.05, 0) is 61.9 Å². The molecule has 0 amide bonds. The molecule has 0 radical (unpaired) electrons. The summed E-state index contributed by atoms with van der Waals surface area (Å²) in [7, 11) is 5.16. The summed E-state index contributed by atoms with van der Waals surface area (Å²) in [6.45, 7) is 6.37. The summed E-state index contributed by atoms with van der Waals surface area (Å²) in [4.78, 5) is 3.59. The molecule has 0 saturated heterocycles. The van der Waals surface area contributed by atoms with E-state index in [-0.39, 0.29) is 6.04 Å². The first kappa shape index (κ1) is 20.9. The first-order valence-electron chi connectivity index (χ1n) is 10.4. The topological polar surface area (TPSA) is 85.2 Å². The third-order valence-corrected chi connectivity index (χ3v) is 5.58. The number of aromatic amines is 1. The van der Waals surface area contributed by atoms with Crippen molar-refractivity contribution in [1.82, 2.24) is 20.5 Å². The number of rotatable bonds is 7. The minimum Gasteiger partial charge on any atom is -0.493 e. The van der Waals surface area contributed by atoms with Crippen molar-refractivity contribution in [2.45, 2.75) is 32.7 Å². The van der Waals surface area contributed by atoms with E-state index in [1.807, 2.05) is 38.2 Å². The molecule has 4 rings (SSSR count). The Morgan fingerprint density at radius 2 is 1.68 bits per heavy atom. The van der Waals surface area contributed by atoms with Crippen molar-refractivity contribution in [3.63, 3.8) is 0 Å². The lowest BCUT2D eigenvalue weighted by atomic mass is 9.95. The molecule has 2 N–H and O–H groups in total. The monoisotopic (exact) mass is 420 g/mol. The molecule has 0 aliphatic rings. The van der Waals surface area contributed by atoms with E-state index in [0.29, 0.717) is 29.2 Å². The van der Waals surface area contributed by atoms with Gasteiger partial charge in [-0.15, -0.1) is 10.2 Å². The van der Waals surface area contributed by atoms with Gasteiger partial charge in [0.05, 0.1) is 26.0 Å². The maximum absolute atomic E-state index is 5.89. The van der Waals surface area contributed by atoms with Crippen LogP contribution in [0.15, 0.2) is 40.8 Å². The van der Waals surface area contributed by atoms with E-state index in [4.69, 9.17) is 13.9 Å². The number of nitrogens with one attached hydrogen (secondary N) is 2. The van der Waals surface area contributed by atoms with Gasteiger partial charge in [0.15, 0.2) is 11.5 Å². The lowest BCUT2D eigenvalue weighted by Gasteiger charge is -2.12. The van der Waals surface area contributed by atoms with E-state index in [9.17, 15) is 0 Å². The van der Waals surface area contributed by atoms with Crippen LogP contribution < -0.4 is 14.8 Å². The summed E-state index contributed by atoms with van der Waals surface area (Å²) >= 11 is 0. The van der Waals surface area contributed by atoms with Crippen LogP contribution in [0.3, 0.4) is 0 Å². The van der Waals surface area contributed by atoms with Crippen LogP contribution in [-0.4, -0.2) is 36.4 Å². The van der Waals surface area contributed by atoms with Gasteiger partial charge in [-0.25, -0.2) is 0 Å². The molecule has 2 aromatic heterocycles. The third kappa shape index (κ3) is 3.77. The van der Waals surface area contributed by atoms with Crippen molar-refractivity contribution >= 4 is 10.9 Å². The van der Waals surface area contributed by atoms with Gasteiger partial charge in [0, 0.05) is 22.0 Å². The molecule has 0 spiro atoms. The summed E-state index contributed by atoms with van der Waals surface area (Å²) in [6.07, 6.45) is 0. The zero-order chi connectivity index (χ0) is 22.1. The Hall–Kier alpha value is -3.32. The summed E-state index contributed by atoms with van der Waals surface area (Å²) in [6, 6.07) is 12.2. The fraction of sp³-hybridized carbons (Fsp3) is 0.333. The predicted octanol–water partition coefficient (Wildman–Crippen LogP) is 5.31. The molecule has 4 aromatic rings. The van der Waals surface area contributed by atoms with Gasteiger partial charge in [-0.1, -0.05) is 13.8 Å². The molecule has 0 fully saturated rings. The zero-order valence-electron chi connectivity index (χ0n) is 18.7. The standard InChI is InChI=1S/C24H28N4O3/c1-13(2)21-17-11-16(24-28-27-23(31-24)14(3)25-4)7-9-18(17)26-22(21)15-8-10-19(29-5)20(12-15)30-6/h7-14,25-26H,1-6H3/t14-/m0/s1. The molecule has 0 aliphatic heterocycles. The van der Waals surface area contributed by atoms with Gasteiger partial charge in [-0.3, -0.25) is 0 Å². The molecule has 31 heavy (non-hydrogen) atoms. The summed E-state index contributed by atoms with van der Waals surface area (Å²) < 4.78 is 16.8. The third-order valence-electron chi connectivity index (χ3n) is 5.58. The number of benzene rings is 2. The molecule has 0 saturated carbocycles. The second-order valence-corrected chi connectivity index (χ2v) is 7.85. The summed E-state index contributed by atoms with van der Waals surface area (Å²) in [5.41, 5.74) is 5.29. The molecule has 0 unspecified atom stereocenters. The highest BCUT2D eigenvalue weighted by atomic mass is 16.5. The van der Waals surface area contributed by atoms with Crippen LogP contribution in [0.4, 0.5) is 0 Å². The minimum absolute atomic E-state index is 0.000111. The fourth-order valence-corrected chi connectivity index (χ4v) is 3.81. The van der Waals surface area contributed by atoms with Gasteiger partial charge in [0.2, 0.25) is 11.8 Å². The van der Waals surface area contributed by atoms with Crippen LogP contribution in [0.5, 0.6) is 11.5 Å². The van der Waals surface area contributed by atoms with E-state index in [2.05, 4.69) is 46.5 Å². The highest BCUT2D eigenvalue weighted by Gasteiger charge is 2.20. The Balaban J connectivity index is 1.84. The van der Waals surface area contributed by atoms with E-state index in [1.54, 1.807) is 14.2 Å². The van der Waals surface area contributed by atoms with E-state index < -0.39 is 0 Å². The highest BCUT2D eigenvalue weighted by molar-refractivity contribution is 5.94. The molecule has 7 nitrogen and oxygen atoms in total. The summed E-state index contributed by atoms with van der Waals surface area (Å²) in [5.74, 6) is 2.80. The molecule has 0 aliphatic carbocycles. The first-order valence-corrected chi connectivity index (χ1v) is 10.4. The molecule has 0 bridgehead atoms. The van der Waals surface area contributed by atoms with Crippen molar-refractivity contribution in [2.75, 3.05) is 21.3 Å². The number of H-pyrrole nitrogens is 1.